The highest BCUT2D eigenvalue weighted by molar-refractivity contribution is 5.85. The van der Waals surface area contributed by atoms with Gasteiger partial charge in [-0.3, -0.25) is 4.79 Å². The molecule has 1 saturated carbocycles. The van der Waals surface area contributed by atoms with E-state index in [1.807, 2.05) is 18.2 Å². The van der Waals surface area contributed by atoms with Gasteiger partial charge >= 0.3 is 0 Å². The molecule has 1 amide bonds. The van der Waals surface area contributed by atoms with Crippen LogP contribution in [-0.2, 0) is 11.2 Å². The first-order chi connectivity index (χ1) is 9.28. The van der Waals surface area contributed by atoms with Crippen LogP contribution in [0.3, 0.4) is 0 Å². The van der Waals surface area contributed by atoms with E-state index >= 15 is 0 Å². The highest BCUT2D eigenvalue weighted by Gasteiger charge is 2.49. The number of nitrogens with one attached hydrogen (secondary N) is 2. The van der Waals surface area contributed by atoms with E-state index in [2.05, 4.69) is 22.8 Å². The first-order valence-electron chi connectivity index (χ1n) is 7.34. The Hall–Kier alpha value is -1.06. The summed E-state index contributed by atoms with van der Waals surface area (Å²) < 4.78 is 0. The van der Waals surface area contributed by atoms with Crippen LogP contribution in [0.25, 0.3) is 0 Å². The summed E-state index contributed by atoms with van der Waals surface area (Å²) in [6.07, 6.45) is 5.37. The van der Waals surface area contributed by atoms with Gasteiger partial charge in [-0.1, -0.05) is 30.3 Å². The summed E-state index contributed by atoms with van der Waals surface area (Å²) in [6.45, 7) is 1.88. The zero-order valence-electron chi connectivity index (χ0n) is 11.7. The minimum atomic E-state index is -0.111. The second-order valence-electron chi connectivity index (χ2n) is 5.95. The predicted molar refractivity (Wildman–Crippen MR) is 83.1 cm³/mol. The molecule has 1 aliphatic heterocycles. The molecule has 0 radical (unpaired) electrons. The van der Waals surface area contributed by atoms with E-state index in [-0.39, 0.29) is 23.7 Å². The first-order valence-corrected chi connectivity index (χ1v) is 7.34. The van der Waals surface area contributed by atoms with E-state index in [0.29, 0.717) is 6.04 Å². The number of hydrogen-bond acceptors (Lipinski definition) is 2. The largest absolute Gasteiger partial charge is 0.354 e. The third-order valence-electron chi connectivity index (χ3n) is 4.39. The summed E-state index contributed by atoms with van der Waals surface area (Å²) in [5, 5.41) is 6.56. The summed E-state index contributed by atoms with van der Waals surface area (Å²) in [6, 6.07) is 10.8. The summed E-state index contributed by atoms with van der Waals surface area (Å²) in [7, 11) is 0. The summed E-state index contributed by atoms with van der Waals surface area (Å²) in [5.41, 5.74) is 1.16. The third-order valence-corrected chi connectivity index (χ3v) is 4.39. The maximum Gasteiger partial charge on any atom is 0.226 e. The molecule has 0 bridgehead atoms. The summed E-state index contributed by atoms with van der Waals surface area (Å²) in [5.74, 6) is 0.255. The maximum atomic E-state index is 12.3. The summed E-state index contributed by atoms with van der Waals surface area (Å²) >= 11 is 0. The molecule has 1 saturated heterocycles. The molecule has 1 heterocycles. The molecule has 1 atom stereocenters. The summed E-state index contributed by atoms with van der Waals surface area (Å²) in [4.78, 5) is 12.3. The quantitative estimate of drug-likeness (QED) is 0.875. The van der Waals surface area contributed by atoms with Crippen molar-refractivity contribution in [2.24, 2.45) is 5.41 Å². The molecule has 2 fully saturated rings. The molecule has 20 heavy (non-hydrogen) atoms. The van der Waals surface area contributed by atoms with Crippen LogP contribution in [0.2, 0.25) is 0 Å². The predicted octanol–water partition coefficient (Wildman–Crippen LogP) is 2.30. The number of carbonyl (C=O) groups is 1. The Morgan fingerprint density at radius 3 is 2.65 bits per heavy atom. The minimum absolute atomic E-state index is 0. The van der Waals surface area contributed by atoms with Gasteiger partial charge in [0.1, 0.15) is 0 Å². The Bertz CT molecular complexity index is 439. The molecule has 1 aromatic carbocycles. The fourth-order valence-corrected chi connectivity index (χ4v) is 2.96. The van der Waals surface area contributed by atoms with Crippen LogP contribution < -0.4 is 10.6 Å². The fraction of sp³-hybridized carbons (Fsp3) is 0.562. The van der Waals surface area contributed by atoms with Crippen LogP contribution in [0.1, 0.15) is 31.2 Å². The number of carbonyl (C=O) groups excluding carboxylic acids is 1. The van der Waals surface area contributed by atoms with Crippen LogP contribution in [0.4, 0.5) is 0 Å². The number of rotatable bonds is 5. The zero-order chi connectivity index (χ0) is 13.1. The van der Waals surface area contributed by atoms with E-state index in [9.17, 15) is 4.79 Å². The molecule has 2 aliphatic rings. The third kappa shape index (κ3) is 3.53. The van der Waals surface area contributed by atoms with Crippen molar-refractivity contribution < 1.29 is 4.79 Å². The lowest BCUT2D eigenvalue weighted by Gasteiger charge is -2.17. The molecule has 2 N–H and O–H groups in total. The normalized spacial score (nSPS) is 22.9. The molecule has 0 aromatic heterocycles. The van der Waals surface area contributed by atoms with Gasteiger partial charge < -0.3 is 10.6 Å². The molecular formula is C16H23ClN2O. The van der Waals surface area contributed by atoms with Gasteiger partial charge in [0.25, 0.3) is 0 Å². The zero-order valence-corrected chi connectivity index (χ0v) is 12.5. The van der Waals surface area contributed by atoms with Gasteiger partial charge in [0.2, 0.25) is 5.91 Å². The fourth-order valence-electron chi connectivity index (χ4n) is 2.96. The van der Waals surface area contributed by atoms with Crippen LogP contribution in [0.5, 0.6) is 0 Å². The van der Waals surface area contributed by atoms with Gasteiger partial charge in [-0.05, 0) is 44.2 Å². The molecular weight excluding hydrogens is 272 g/mol. The lowest BCUT2D eigenvalue weighted by atomic mass is 9.95. The van der Waals surface area contributed by atoms with E-state index in [1.54, 1.807) is 0 Å². The number of benzene rings is 1. The first kappa shape index (κ1) is 15.3. The average molecular weight is 295 g/mol. The van der Waals surface area contributed by atoms with Crippen molar-refractivity contribution in [2.75, 3.05) is 13.1 Å². The van der Waals surface area contributed by atoms with Crippen molar-refractivity contribution in [3.63, 3.8) is 0 Å². The SMILES string of the molecule is Cl.O=C(NCC1CCCN1)C1(Cc2ccccc2)CC1. The average Bonchev–Trinajstić information content (AvgIpc) is 3.03. The molecule has 1 aliphatic carbocycles. The van der Waals surface area contributed by atoms with E-state index in [4.69, 9.17) is 0 Å². The molecule has 1 aromatic rings. The molecule has 110 valence electrons. The lowest BCUT2D eigenvalue weighted by molar-refractivity contribution is -0.126. The number of hydrogen-bond donors (Lipinski definition) is 2. The lowest BCUT2D eigenvalue weighted by Crippen LogP contribution is -2.41. The Labute approximate surface area is 126 Å². The van der Waals surface area contributed by atoms with Crippen molar-refractivity contribution in [2.45, 2.75) is 38.1 Å². The van der Waals surface area contributed by atoms with Gasteiger partial charge in [0.15, 0.2) is 0 Å². The number of amides is 1. The minimum Gasteiger partial charge on any atom is -0.354 e. The second-order valence-corrected chi connectivity index (χ2v) is 5.95. The molecule has 3 rings (SSSR count). The highest BCUT2D eigenvalue weighted by Crippen LogP contribution is 2.48. The second kappa shape index (κ2) is 6.59. The number of halogens is 1. The Morgan fingerprint density at radius 2 is 2.05 bits per heavy atom. The van der Waals surface area contributed by atoms with Crippen molar-refractivity contribution in [3.8, 4) is 0 Å². The standard InChI is InChI=1S/C16H22N2O.ClH/c19-15(18-12-14-7-4-10-17-14)16(8-9-16)11-13-5-2-1-3-6-13;/h1-3,5-6,14,17H,4,7-12H2,(H,18,19);1H. The van der Waals surface area contributed by atoms with Crippen molar-refractivity contribution in [1.82, 2.24) is 10.6 Å². The van der Waals surface area contributed by atoms with Gasteiger partial charge in [-0.2, -0.15) is 0 Å². The van der Waals surface area contributed by atoms with Crippen molar-refractivity contribution in [1.29, 1.82) is 0 Å². The van der Waals surface area contributed by atoms with E-state index in [1.165, 1.54) is 18.4 Å². The van der Waals surface area contributed by atoms with Gasteiger partial charge in [0, 0.05) is 12.6 Å². The van der Waals surface area contributed by atoms with Gasteiger partial charge in [-0.25, -0.2) is 0 Å². The Kier molecular flexibility index (Phi) is 5.06. The van der Waals surface area contributed by atoms with Crippen molar-refractivity contribution in [3.05, 3.63) is 35.9 Å². The van der Waals surface area contributed by atoms with Crippen LogP contribution in [0, 0.1) is 5.41 Å². The van der Waals surface area contributed by atoms with Crippen LogP contribution >= 0.6 is 12.4 Å². The Morgan fingerprint density at radius 1 is 1.30 bits per heavy atom. The smallest absolute Gasteiger partial charge is 0.226 e. The van der Waals surface area contributed by atoms with E-state index < -0.39 is 0 Å². The molecule has 0 spiro atoms. The molecule has 1 unspecified atom stereocenters. The Balaban J connectivity index is 0.00000147. The van der Waals surface area contributed by atoms with Crippen LogP contribution in [-0.4, -0.2) is 25.0 Å². The topological polar surface area (TPSA) is 41.1 Å². The van der Waals surface area contributed by atoms with Gasteiger partial charge in [-0.15, -0.1) is 12.4 Å². The monoisotopic (exact) mass is 294 g/mol. The molecule has 4 heteroatoms. The van der Waals surface area contributed by atoms with Crippen LogP contribution in [0.15, 0.2) is 30.3 Å². The van der Waals surface area contributed by atoms with Crippen molar-refractivity contribution >= 4 is 18.3 Å². The van der Waals surface area contributed by atoms with E-state index in [0.717, 1.165) is 32.4 Å². The van der Waals surface area contributed by atoms with Gasteiger partial charge in [0.05, 0.1) is 5.41 Å². The molecule has 3 nitrogen and oxygen atoms in total. The highest BCUT2D eigenvalue weighted by atomic mass is 35.5. The maximum absolute atomic E-state index is 12.3.